The zero-order valence-corrected chi connectivity index (χ0v) is 11.1. The van der Waals surface area contributed by atoms with Crippen LogP contribution in [0.5, 0.6) is 0 Å². The summed E-state index contributed by atoms with van der Waals surface area (Å²) in [6.07, 6.45) is 0. The number of halogens is 5. The van der Waals surface area contributed by atoms with E-state index in [-0.39, 0.29) is 18.5 Å². The van der Waals surface area contributed by atoms with Gasteiger partial charge in [0.25, 0.3) is 0 Å². The van der Waals surface area contributed by atoms with E-state index < -0.39 is 34.8 Å². The molecule has 1 aliphatic rings. The van der Waals surface area contributed by atoms with Crippen LogP contribution in [0.15, 0.2) is 0 Å². The summed E-state index contributed by atoms with van der Waals surface area (Å²) in [4.78, 5) is 1.26. The zero-order valence-electron chi connectivity index (χ0n) is 11.1. The highest BCUT2D eigenvalue weighted by Gasteiger charge is 2.34. The van der Waals surface area contributed by atoms with E-state index >= 15 is 0 Å². The van der Waals surface area contributed by atoms with Crippen molar-refractivity contribution in [2.45, 2.75) is 19.9 Å². The Labute approximate surface area is 113 Å². The number of hydrogen-bond donors (Lipinski definition) is 1. The van der Waals surface area contributed by atoms with Crippen molar-refractivity contribution in [2.24, 2.45) is 5.92 Å². The Hall–Kier alpha value is -1.37. The second-order valence-corrected chi connectivity index (χ2v) is 5.13. The van der Waals surface area contributed by atoms with Crippen molar-refractivity contribution >= 4 is 5.69 Å². The number of anilines is 1. The third kappa shape index (κ3) is 2.34. The molecule has 1 N–H and O–H groups in total. The minimum Gasteiger partial charge on any atom is -0.361 e. The molecule has 1 atom stereocenters. The van der Waals surface area contributed by atoms with Crippen molar-refractivity contribution in [3.05, 3.63) is 29.1 Å². The molecule has 0 radical (unpaired) electrons. The minimum absolute atomic E-state index is 0.00206. The molecule has 0 aliphatic carbocycles. The van der Waals surface area contributed by atoms with Crippen LogP contribution in [0.4, 0.5) is 27.6 Å². The lowest BCUT2D eigenvalue weighted by Gasteiger charge is -2.40. The summed E-state index contributed by atoms with van der Waals surface area (Å²) in [5.41, 5.74) is -0.832. The van der Waals surface area contributed by atoms with Gasteiger partial charge in [-0.3, -0.25) is 0 Å². The average Bonchev–Trinajstić information content (AvgIpc) is 2.43. The van der Waals surface area contributed by atoms with Gasteiger partial charge in [0.05, 0.1) is 0 Å². The fourth-order valence-corrected chi connectivity index (χ4v) is 2.44. The summed E-state index contributed by atoms with van der Waals surface area (Å²) >= 11 is 0. The van der Waals surface area contributed by atoms with E-state index in [1.165, 1.54) is 4.90 Å². The van der Waals surface area contributed by atoms with E-state index in [0.717, 1.165) is 0 Å². The lowest BCUT2D eigenvalue weighted by molar-refractivity contribution is 0.354. The van der Waals surface area contributed by atoms with Gasteiger partial charge in [0, 0.05) is 25.7 Å². The molecule has 2 rings (SSSR count). The molecule has 1 saturated heterocycles. The molecule has 0 spiro atoms. The third-order valence-electron chi connectivity index (χ3n) is 3.53. The molecule has 0 saturated carbocycles. The van der Waals surface area contributed by atoms with Crippen LogP contribution in [0.3, 0.4) is 0 Å². The van der Waals surface area contributed by atoms with Crippen LogP contribution < -0.4 is 10.2 Å². The average molecular weight is 294 g/mol. The van der Waals surface area contributed by atoms with Gasteiger partial charge in [-0.25, -0.2) is 22.0 Å². The fourth-order valence-electron chi connectivity index (χ4n) is 2.44. The van der Waals surface area contributed by atoms with Crippen LogP contribution >= 0.6 is 0 Å². The first kappa shape index (κ1) is 15.0. The SMILES string of the molecule is CC(C)C1CNCCN1c1c(F)c(F)c(F)c(F)c1F. The first-order valence-electron chi connectivity index (χ1n) is 6.35. The molecule has 0 bridgehead atoms. The van der Waals surface area contributed by atoms with Crippen LogP contribution in [0.1, 0.15) is 13.8 Å². The van der Waals surface area contributed by atoms with Crippen molar-refractivity contribution in [3.63, 3.8) is 0 Å². The number of rotatable bonds is 2. The summed E-state index contributed by atoms with van der Waals surface area (Å²) in [6, 6.07) is -0.336. The molecule has 1 unspecified atom stereocenters. The van der Waals surface area contributed by atoms with Crippen molar-refractivity contribution in [2.75, 3.05) is 24.5 Å². The van der Waals surface area contributed by atoms with Gasteiger partial charge < -0.3 is 10.2 Å². The second kappa shape index (κ2) is 5.55. The Kier molecular flexibility index (Phi) is 4.17. The molecular weight excluding hydrogens is 279 g/mol. The van der Waals surface area contributed by atoms with E-state index in [4.69, 9.17) is 0 Å². The molecule has 2 nitrogen and oxygen atoms in total. The fraction of sp³-hybridized carbons (Fsp3) is 0.538. The first-order chi connectivity index (χ1) is 9.36. The van der Waals surface area contributed by atoms with Crippen LogP contribution in [0.2, 0.25) is 0 Å². The van der Waals surface area contributed by atoms with Crippen LogP contribution in [0.25, 0.3) is 0 Å². The molecule has 7 heteroatoms. The molecule has 0 amide bonds. The molecule has 20 heavy (non-hydrogen) atoms. The van der Waals surface area contributed by atoms with Gasteiger partial charge in [0.2, 0.25) is 5.82 Å². The van der Waals surface area contributed by atoms with Gasteiger partial charge in [-0.05, 0) is 5.92 Å². The second-order valence-electron chi connectivity index (χ2n) is 5.13. The number of hydrogen-bond acceptors (Lipinski definition) is 2. The third-order valence-corrected chi connectivity index (χ3v) is 3.53. The van der Waals surface area contributed by atoms with Crippen molar-refractivity contribution < 1.29 is 22.0 Å². The van der Waals surface area contributed by atoms with E-state index in [1.54, 1.807) is 0 Å². The van der Waals surface area contributed by atoms with Gasteiger partial charge in [0.1, 0.15) is 5.69 Å². The van der Waals surface area contributed by atoms with Gasteiger partial charge in [-0.1, -0.05) is 13.8 Å². The maximum absolute atomic E-state index is 13.8. The van der Waals surface area contributed by atoms with Crippen LogP contribution in [-0.2, 0) is 0 Å². The smallest absolute Gasteiger partial charge is 0.200 e. The van der Waals surface area contributed by atoms with Gasteiger partial charge in [0.15, 0.2) is 23.3 Å². The van der Waals surface area contributed by atoms with E-state index in [2.05, 4.69) is 5.32 Å². The van der Waals surface area contributed by atoms with E-state index in [1.807, 2.05) is 13.8 Å². The predicted molar refractivity (Wildman–Crippen MR) is 65.1 cm³/mol. The summed E-state index contributed by atoms with van der Waals surface area (Å²) < 4.78 is 67.3. The molecule has 1 aliphatic heterocycles. The summed E-state index contributed by atoms with van der Waals surface area (Å²) in [5.74, 6) is -9.47. The zero-order chi connectivity index (χ0) is 15.0. The number of nitrogens with one attached hydrogen (secondary N) is 1. The van der Waals surface area contributed by atoms with Crippen molar-refractivity contribution in [1.82, 2.24) is 5.32 Å². The Balaban J connectivity index is 2.56. The Morgan fingerprint density at radius 1 is 0.950 bits per heavy atom. The summed E-state index contributed by atoms with van der Waals surface area (Å²) in [5, 5.41) is 3.05. The lowest BCUT2D eigenvalue weighted by Crippen LogP contribution is -2.54. The molecule has 112 valence electrons. The monoisotopic (exact) mass is 294 g/mol. The number of piperazine rings is 1. The highest BCUT2D eigenvalue weighted by molar-refractivity contribution is 5.52. The topological polar surface area (TPSA) is 15.3 Å². The Morgan fingerprint density at radius 3 is 1.95 bits per heavy atom. The highest BCUT2D eigenvalue weighted by Crippen LogP contribution is 2.33. The molecule has 0 aromatic heterocycles. The van der Waals surface area contributed by atoms with Crippen molar-refractivity contribution in [1.29, 1.82) is 0 Å². The Bertz CT molecular complexity index is 489. The Morgan fingerprint density at radius 2 is 1.45 bits per heavy atom. The highest BCUT2D eigenvalue weighted by atomic mass is 19.2. The maximum Gasteiger partial charge on any atom is 0.200 e. The lowest BCUT2D eigenvalue weighted by atomic mass is 9.99. The number of nitrogens with zero attached hydrogens (tertiary/aromatic N) is 1. The van der Waals surface area contributed by atoms with E-state index in [9.17, 15) is 22.0 Å². The number of benzene rings is 1. The maximum atomic E-state index is 13.8. The molecule has 1 aromatic carbocycles. The van der Waals surface area contributed by atoms with Gasteiger partial charge >= 0.3 is 0 Å². The quantitative estimate of drug-likeness (QED) is 0.512. The summed E-state index contributed by atoms with van der Waals surface area (Å²) in [6.45, 7) is 4.69. The van der Waals surface area contributed by atoms with Crippen molar-refractivity contribution in [3.8, 4) is 0 Å². The van der Waals surface area contributed by atoms with Crippen LogP contribution in [-0.4, -0.2) is 25.7 Å². The van der Waals surface area contributed by atoms with E-state index in [0.29, 0.717) is 13.1 Å². The molecule has 1 aromatic rings. The van der Waals surface area contributed by atoms with Gasteiger partial charge in [-0.2, -0.15) is 0 Å². The summed E-state index contributed by atoms with van der Waals surface area (Å²) in [7, 11) is 0. The predicted octanol–water partition coefficient (Wildman–Crippen LogP) is 2.82. The van der Waals surface area contributed by atoms with Crippen LogP contribution in [0, 0.1) is 35.0 Å². The largest absolute Gasteiger partial charge is 0.361 e. The first-order valence-corrected chi connectivity index (χ1v) is 6.35. The normalized spacial score (nSPS) is 19.8. The van der Waals surface area contributed by atoms with Gasteiger partial charge in [-0.15, -0.1) is 0 Å². The molecular formula is C13H15F5N2. The standard InChI is InChI=1S/C13H15F5N2/c1-6(2)7-5-19-3-4-20(7)13-11(17)9(15)8(14)10(16)12(13)18/h6-7,19H,3-5H2,1-2H3. The minimum atomic E-state index is -2.13. The molecule has 1 heterocycles. The molecule has 1 fully saturated rings.